The summed E-state index contributed by atoms with van der Waals surface area (Å²) in [4.78, 5) is 4.24. The quantitative estimate of drug-likeness (QED) is 0.473. The molecule has 2 rings (SSSR count). The molecule has 0 spiro atoms. The molecule has 1 atom stereocenters. The minimum absolute atomic E-state index is 0.0367. The summed E-state index contributed by atoms with van der Waals surface area (Å²) in [6.07, 6.45) is 2.22. The number of rotatable bonds is 4. The number of hydrogen-bond donors (Lipinski definition) is 0. The van der Waals surface area contributed by atoms with Crippen molar-refractivity contribution < 1.29 is 9.25 Å². The lowest BCUT2D eigenvalue weighted by Crippen LogP contribution is -2.27. The highest BCUT2D eigenvalue weighted by Crippen LogP contribution is 2.31. The van der Waals surface area contributed by atoms with Crippen LogP contribution < -0.4 is 4.73 Å². The van der Waals surface area contributed by atoms with Gasteiger partial charge in [-0.1, -0.05) is 12.1 Å². The molecule has 0 radical (unpaired) electrons. The summed E-state index contributed by atoms with van der Waals surface area (Å²) in [5.41, 5.74) is 0. The van der Waals surface area contributed by atoms with Crippen LogP contribution in [0.15, 0.2) is 33.9 Å². The van der Waals surface area contributed by atoms with E-state index in [9.17, 15) is 5.21 Å². The van der Waals surface area contributed by atoms with Gasteiger partial charge < -0.3 is 9.73 Å². The summed E-state index contributed by atoms with van der Waals surface area (Å²) in [6, 6.07) is 5.30. The van der Waals surface area contributed by atoms with Crippen LogP contribution in [0.1, 0.15) is 30.8 Å². The molecular formula is C11H13N3O2S. The highest BCUT2D eigenvalue weighted by atomic mass is 32.2. The minimum atomic E-state index is -0.0367. The van der Waals surface area contributed by atoms with Crippen LogP contribution in [0.2, 0.25) is 0 Å². The molecule has 90 valence electrons. The molecule has 0 N–H and O–H groups in total. The second kappa shape index (κ2) is 5.18. The number of aryl methyl sites for hydroxylation is 1. The molecule has 0 aromatic carbocycles. The van der Waals surface area contributed by atoms with Crippen molar-refractivity contribution in [3.05, 3.63) is 41.3 Å². The topological polar surface area (TPSA) is 65.9 Å². The van der Waals surface area contributed by atoms with Gasteiger partial charge in [-0.25, -0.2) is 0 Å². The average Bonchev–Trinajstić information content (AvgIpc) is 2.81. The van der Waals surface area contributed by atoms with E-state index >= 15 is 0 Å². The first-order valence-corrected chi connectivity index (χ1v) is 6.26. The molecule has 0 saturated carbocycles. The van der Waals surface area contributed by atoms with Crippen molar-refractivity contribution in [3.8, 4) is 0 Å². The molecule has 2 aromatic heterocycles. The predicted octanol–water partition coefficient (Wildman–Crippen LogP) is 2.12. The maximum Gasteiger partial charge on any atom is 0.252 e. The zero-order valence-corrected chi connectivity index (χ0v) is 10.5. The standard InChI is InChI=1S/C11H13N3O2S/c1-3-9-12-11(16-13-9)8(2)17-10-6-4-5-7-14(10)15/h4-8H,3H2,1-2H3. The average molecular weight is 251 g/mol. The normalized spacial score (nSPS) is 12.6. The second-order valence-corrected chi connectivity index (χ2v) is 4.89. The van der Waals surface area contributed by atoms with Crippen LogP contribution in [0, 0.1) is 5.21 Å². The maximum atomic E-state index is 11.5. The van der Waals surface area contributed by atoms with E-state index in [0.717, 1.165) is 11.2 Å². The van der Waals surface area contributed by atoms with Crippen LogP contribution in [0.4, 0.5) is 0 Å². The fourth-order valence-corrected chi connectivity index (χ4v) is 2.19. The van der Waals surface area contributed by atoms with Gasteiger partial charge in [0.25, 0.3) is 5.03 Å². The van der Waals surface area contributed by atoms with E-state index in [0.29, 0.717) is 16.7 Å². The van der Waals surface area contributed by atoms with Crippen LogP contribution >= 0.6 is 11.8 Å². The van der Waals surface area contributed by atoms with Crippen LogP contribution in [-0.2, 0) is 6.42 Å². The predicted molar refractivity (Wildman–Crippen MR) is 63.4 cm³/mol. The molecule has 1 unspecified atom stereocenters. The summed E-state index contributed by atoms with van der Waals surface area (Å²) in [5.74, 6) is 1.24. The van der Waals surface area contributed by atoms with Crippen molar-refractivity contribution in [2.45, 2.75) is 30.5 Å². The third-order valence-electron chi connectivity index (χ3n) is 2.23. The molecule has 2 heterocycles. The molecule has 0 aliphatic heterocycles. The van der Waals surface area contributed by atoms with Crippen LogP contribution in [0.5, 0.6) is 0 Å². The Balaban J connectivity index is 2.11. The van der Waals surface area contributed by atoms with E-state index < -0.39 is 0 Å². The van der Waals surface area contributed by atoms with Crippen LogP contribution in [0.25, 0.3) is 0 Å². The fourth-order valence-electron chi connectivity index (χ4n) is 1.31. The Bertz CT molecular complexity index is 501. The van der Waals surface area contributed by atoms with E-state index in [1.165, 1.54) is 18.0 Å². The maximum absolute atomic E-state index is 11.5. The van der Waals surface area contributed by atoms with Gasteiger partial charge >= 0.3 is 0 Å². The van der Waals surface area contributed by atoms with Crippen LogP contribution in [0.3, 0.4) is 0 Å². The smallest absolute Gasteiger partial charge is 0.252 e. The zero-order chi connectivity index (χ0) is 12.3. The Hall–Kier alpha value is -1.56. The Kier molecular flexibility index (Phi) is 3.63. The van der Waals surface area contributed by atoms with Crippen molar-refractivity contribution >= 4 is 11.8 Å². The van der Waals surface area contributed by atoms with Gasteiger partial charge in [0.05, 0.1) is 5.25 Å². The molecule has 6 heteroatoms. The van der Waals surface area contributed by atoms with Crippen molar-refractivity contribution in [2.24, 2.45) is 0 Å². The first-order valence-electron chi connectivity index (χ1n) is 5.38. The van der Waals surface area contributed by atoms with Gasteiger partial charge in [0.1, 0.15) is 0 Å². The number of aromatic nitrogens is 3. The molecule has 0 fully saturated rings. The number of nitrogens with zero attached hydrogens (tertiary/aromatic N) is 3. The number of pyridine rings is 1. The van der Waals surface area contributed by atoms with Gasteiger partial charge in [0.15, 0.2) is 12.0 Å². The molecule has 0 aliphatic rings. The first kappa shape index (κ1) is 11.9. The minimum Gasteiger partial charge on any atom is -0.618 e. The SMILES string of the molecule is CCc1noc(C(C)Sc2cccc[n+]2[O-])n1. The first-order chi connectivity index (χ1) is 8.20. The van der Waals surface area contributed by atoms with Crippen molar-refractivity contribution in [2.75, 3.05) is 0 Å². The van der Waals surface area contributed by atoms with Gasteiger partial charge in [0.2, 0.25) is 5.89 Å². The third kappa shape index (κ3) is 2.76. The van der Waals surface area contributed by atoms with E-state index in [-0.39, 0.29) is 5.25 Å². The molecule has 17 heavy (non-hydrogen) atoms. The second-order valence-electron chi connectivity index (χ2n) is 3.53. The molecule has 0 amide bonds. The fraction of sp³-hybridized carbons (Fsp3) is 0.364. The van der Waals surface area contributed by atoms with Crippen molar-refractivity contribution in [3.63, 3.8) is 0 Å². The molecular weight excluding hydrogens is 238 g/mol. The zero-order valence-electron chi connectivity index (χ0n) is 9.66. The van der Waals surface area contributed by atoms with Crippen molar-refractivity contribution in [1.29, 1.82) is 0 Å². The van der Waals surface area contributed by atoms with E-state index in [2.05, 4.69) is 10.1 Å². The summed E-state index contributed by atoms with van der Waals surface area (Å²) < 4.78 is 5.97. The number of hydrogen-bond acceptors (Lipinski definition) is 5. The molecule has 0 saturated heterocycles. The lowest BCUT2D eigenvalue weighted by atomic mass is 10.4. The van der Waals surface area contributed by atoms with Gasteiger partial charge in [-0.15, -0.1) is 0 Å². The molecule has 5 nitrogen and oxygen atoms in total. The summed E-state index contributed by atoms with van der Waals surface area (Å²) >= 11 is 1.40. The third-order valence-corrected chi connectivity index (χ3v) is 3.35. The van der Waals surface area contributed by atoms with Gasteiger partial charge in [-0.05, 0) is 24.8 Å². The van der Waals surface area contributed by atoms with Crippen molar-refractivity contribution in [1.82, 2.24) is 10.1 Å². The van der Waals surface area contributed by atoms with Gasteiger partial charge in [-0.2, -0.15) is 9.71 Å². The summed E-state index contributed by atoms with van der Waals surface area (Å²) in [6.45, 7) is 3.90. The van der Waals surface area contributed by atoms with E-state index in [4.69, 9.17) is 4.52 Å². The number of thioether (sulfide) groups is 1. The summed E-state index contributed by atoms with van der Waals surface area (Å²) in [7, 11) is 0. The molecule has 0 aliphatic carbocycles. The summed E-state index contributed by atoms with van der Waals surface area (Å²) in [5, 5.41) is 15.9. The Morgan fingerprint density at radius 3 is 3.00 bits per heavy atom. The van der Waals surface area contributed by atoms with Crippen LogP contribution in [-0.4, -0.2) is 10.1 Å². The van der Waals surface area contributed by atoms with Gasteiger partial charge in [0, 0.05) is 18.6 Å². The van der Waals surface area contributed by atoms with E-state index in [1.807, 2.05) is 19.9 Å². The van der Waals surface area contributed by atoms with E-state index in [1.54, 1.807) is 12.1 Å². The highest BCUT2D eigenvalue weighted by molar-refractivity contribution is 7.99. The monoisotopic (exact) mass is 251 g/mol. The van der Waals surface area contributed by atoms with Gasteiger partial charge in [-0.3, -0.25) is 0 Å². The Morgan fingerprint density at radius 1 is 1.53 bits per heavy atom. The molecule has 2 aromatic rings. The Labute approximate surface area is 103 Å². The largest absolute Gasteiger partial charge is 0.618 e. The lowest BCUT2D eigenvalue weighted by Gasteiger charge is -2.06. The Morgan fingerprint density at radius 2 is 2.35 bits per heavy atom. The highest BCUT2D eigenvalue weighted by Gasteiger charge is 2.18. The molecule has 0 bridgehead atoms. The lowest BCUT2D eigenvalue weighted by molar-refractivity contribution is -0.645.